The van der Waals surface area contributed by atoms with Gasteiger partial charge in [-0.3, -0.25) is 0 Å². The molecular formula is C21H19BrFNO2. The number of halogens is 2. The first-order valence-corrected chi connectivity index (χ1v) is 8.97. The summed E-state index contributed by atoms with van der Waals surface area (Å²) >= 11 is 3.59. The maximum Gasteiger partial charge on any atom is 0.162 e. The lowest BCUT2D eigenvalue weighted by atomic mass is 10.2. The number of hydrogen-bond acceptors (Lipinski definition) is 3. The molecule has 0 aromatic heterocycles. The van der Waals surface area contributed by atoms with E-state index >= 15 is 0 Å². The van der Waals surface area contributed by atoms with E-state index in [9.17, 15) is 4.39 Å². The van der Waals surface area contributed by atoms with E-state index in [-0.39, 0.29) is 5.82 Å². The number of nitrogens with one attached hydrogen (secondary N) is 1. The minimum absolute atomic E-state index is 0.252. The van der Waals surface area contributed by atoms with Crippen LogP contribution in [0, 0.1) is 5.82 Å². The van der Waals surface area contributed by atoms with Gasteiger partial charge in [0.25, 0.3) is 0 Å². The molecule has 5 heteroatoms. The van der Waals surface area contributed by atoms with E-state index in [1.54, 1.807) is 19.2 Å². The Morgan fingerprint density at radius 2 is 1.69 bits per heavy atom. The molecule has 0 aliphatic rings. The predicted molar refractivity (Wildman–Crippen MR) is 105 cm³/mol. The summed E-state index contributed by atoms with van der Waals surface area (Å²) in [4.78, 5) is 0. The van der Waals surface area contributed by atoms with Crippen molar-refractivity contribution in [2.75, 3.05) is 12.4 Å². The molecular weight excluding hydrogens is 397 g/mol. The number of ether oxygens (including phenoxy) is 2. The fourth-order valence-electron chi connectivity index (χ4n) is 2.49. The Labute approximate surface area is 160 Å². The van der Waals surface area contributed by atoms with Crippen molar-refractivity contribution in [1.82, 2.24) is 0 Å². The zero-order valence-corrected chi connectivity index (χ0v) is 15.9. The minimum Gasteiger partial charge on any atom is -0.493 e. The Bertz CT molecular complexity index is 854. The van der Waals surface area contributed by atoms with Gasteiger partial charge in [-0.15, -0.1) is 0 Å². The average molecular weight is 416 g/mol. The first-order chi connectivity index (χ1) is 12.7. The number of anilines is 1. The van der Waals surface area contributed by atoms with Gasteiger partial charge in [0.15, 0.2) is 11.5 Å². The van der Waals surface area contributed by atoms with Gasteiger partial charge in [-0.2, -0.15) is 0 Å². The van der Waals surface area contributed by atoms with Crippen LogP contribution in [-0.2, 0) is 13.2 Å². The van der Waals surface area contributed by atoms with Crippen molar-refractivity contribution in [2.24, 2.45) is 0 Å². The molecule has 3 nitrogen and oxygen atoms in total. The van der Waals surface area contributed by atoms with Crippen molar-refractivity contribution >= 4 is 21.6 Å². The minimum atomic E-state index is -0.252. The SMILES string of the molecule is COc1cc(CNc2ccc(F)cc2)c(Br)cc1OCc1ccccc1. The summed E-state index contributed by atoms with van der Waals surface area (Å²) in [6.45, 7) is 1.04. The van der Waals surface area contributed by atoms with E-state index in [1.165, 1.54) is 12.1 Å². The monoisotopic (exact) mass is 415 g/mol. The van der Waals surface area contributed by atoms with Crippen LogP contribution in [-0.4, -0.2) is 7.11 Å². The molecule has 1 N–H and O–H groups in total. The molecule has 0 aliphatic heterocycles. The van der Waals surface area contributed by atoms with E-state index in [0.29, 0.717) is 24.7 Å². The lowest BCUT2D eigenvalue weighted by Gasteiger charge is -2.15. The zero-order chi connectivity index (χ0) is 18.4. The molecule has 0 spiro atoms. The molecule has 0 saturated carbocycles. The summed E-state index contributed by atoms with van der Waals surface area (Å²) in [6.07, 6.45) is 0. The molecule has 3 aromatic rings. The van der Waals surface area contributed by atoms with Crippen LogP contribution in [0.15, 0.2) is 71.2 Å². The van der Waals surface area contributed by atoms with Crippen molar-refractivity contribution in [3.63, 3.8) is 0 Å². The lowest BCUT2D eigenvalue weighted by Crippen LogP contribution is -2.03. The molecule has 3 rings (SSSR count). The summed E-state index contributed by atoms with van der Waals surface area (Å²) in [5.74, 6) is 1.09. The Hall–Kier alpha value is -2.53. The smallest absolute Gasteiger partial charge is 0.162 e. The van der Waals surface area contributed by atoms with Crippen molar-refractivity contribution in [3.8, 4) is 11.5 Å². The van der Waals surface area contributed by atoms with Crippen LogP contribution in [0.5, 0.6) is 11.5 Å². The van der Waals surface area contributed by atoms with E-state index < -0.39 is 0 Å². The van der Waals surface area contributed by atoms with Crippen molar-refractivity contribution in [3.05, 3.63) is 88.1 Å². The number of rotatable bonds is 7. The Balaban J connectivity index is 1.70. The molecule has 0 unspecified atom stereocenters. The fraction of sp³-hybridized carbons (Fsp3) is 0.143. The van der Waals surface area contributed by atoms with E-state index in [2.05, 4.69) is 21.2 Å². The second-order valence-corrected chi connectivity index (χ2v) is 6.58. The van der Waals surface area contributed by atoms with Gasteiger partial charge in [0.1, 0.15) is 12.4 Å². The molecule has 3 aromatic carbocycles. The summed E-state index contributed by atoms with van der Waals surface area (Å²) in [5, 5.41) is 3.26. The second kappa shape index (κ2) is 8.72. The Morgan fingerprint density at radius 3 is 2.38 bits per heavy atom. The molecule has 0 heterocycles. The Kier molecular flexibility index (Phi) is 6.12. The highest BCUT2D eigenvalue weighted by atomic mass is 79.9. The van der Waals surface area contributed by atoms with Gasteiger partial charge < -0.3 is 14.8 Å². The van der Waals surface area contributed by atoms with Gasteiger partial charge in [0.05, 0.1) is 7.11 Å². The first-order valence-electron chi connectivity index (χ1n) is 8.18. The topological polar surface area (TPSA) is 30.5 Å². The molecule has 26 heavy (non-hydrogen) atoms. The predicted octanol–water partition coefficient (Wildman–Crippen LogP) is 5.79. The van der Waals surface area contributed by atoms with Crippen LogP contribution in [0.1, 0.15) is 11.1 Å². The molecule has 0 fully saturated rings. The summed E-state index contributed by atoms with van der Waals surface area (Å²) in [7, 11) is 1.62. The Morgan fingerprint density at radius 1 is 0.962 bits per heavy atom. The molecule has 0 amide bonds. The van der Waals surface area contributed by atoms with Gasteiger partial charge in [0, 0.05) is 16.7 Å². The van der Waals surface area contributed by atoms with Gasteiger partial charge in [0.2, 0.25) is 0 Å². The van der Waals surface area contributed by atoms with E-state index in [1.807, 2.05) is 42.5 Å². The van der Waals surface area contributed by atoms with Gasteiger partial charge in [-0.25, -0.2) is 4.39 Å². The van der Waals surface area contributed by atoms with Gasteiger partial charge in [-0.1, -0.05) is 46.3 Å². The highest BCUT2D eigenvalue weighted by molar-refractivity contribution is 9.10. The summed E-state index contributed by atoms with van der Waals surface area (Å²) in [6, 6.07) is 20.1. The molecule has 0 atom stereocenters. The zero-order valence-electron chi connectivity index (χ0n) is 14.3. The summed E-state index contributed by atoms with van der Waals surface area (Å²) in [5.41, 5.74) is 2.95. The lowest BCUT2D eigenvalue weighted by molar-refractivity contribution is 0.284. The highest BCUT2D eigenvalue weighted by Crippen LogP contribution is 2.34. The van der Waals surface area contributed by atoms with Crippen molar-refractivity contribution in [2.45, 2.75) is 13.2 Å². The third-order valence-electron chi connectivity index (χ3n) is 3.90. The molecule has 0 radical (unpaired) electrons. The maximum atomic E-state index is 13.0. The first kappa shape index (κ1) is 18.3. The number of benzene rings is 3. The van der Waals surface area contributed by atoms with E-state index in [0.717, 1.165) is 21.3 Å². The van der Waals surface area contributed by atoms with Crippen LogP contribution in [0.3, 0.4) is 0 Å². The summed E-state index contributed by atoms with van der Waals surface area (Å²) < 4.78 is 25.3. The average Bonchev–Trinajstić information content (AvgIpc) is 2.67. The normalized spacial score (nSPS) is 10.4. The van der Waals surface area contributed by atoms with Crippen molar-refractivity contribution in [1.29, 1.82) is 0 Å². The van der Waals surface area contributed by atoms with Gasteiger partial charge in [-0.05, 0) is 47.5 Å². The van der Waals surface area contributed by atoms with Crippen LogP contribution in [0.25, 0.3) is 0 Å². The molecule has 0 saturated heterocycles. The van der Waals surface area contributed by atoms with Crippen molar-refractivity contribution < 1.29 is 13.9 Å². The molecule has 134 valence electrons. The fourth-order valence-corrected chi connectivity index (χ4v) is 2.95. The molecule has 0 aliphatic carbocycles. The van der Waals surface area contributed by atoms with Gasteiger partial charge >= 0.3 is 0 Å². The quantitative estimate of drug-likeness (QED) is 0.529. The third-order valence-corrected chi connectivity index (χ3v) is 4.64. The highest BCUT2D eigenvalue weighted by Gasteiger charge is 2.11. The standard InChI is InChI=1S/C21H19BrFNO2/c1-25-20-11-16(13-24-18-9-7-17(23)8-10-18)19(22)12-21(20)26-14-15-5-3-2-4-6-15/h2-12,24H,13-14H2,1H3. The van der Waals surface area contributed by atoms with Crippen LogP contribution >= 0.6 is 15.9 Å². The molecule has 0 bridgehead atoms. The third kappa shape index (κ3) is 4.76. The number of hydrogen-bond donors (Lipinski definition) is 1. The van der Waals surface area contributed by atoms with Crippen LogP contribution in [0.4, 0.5) is 10.1 Å². The largest absolute Gasteiger partial charge is 0.493 e. The second-order valence-electron chi connectivity index (χ2n) is 5.73. The number of methoxy groups -OCH3 is 1. The van der Waals surface area contributed by atoms with Crippen LogP contribution in [0.2, 0.25) is 0 Å². The maximum absolute atomic E-state index is 13.0. The van der Waals surface area contributed by atoms with Crippen LogP contribution < -0.4 is 14.8 Å². The van der Waals surface area contributed by atoms with E-state index in [4.69, 9.17) is 9.47 Å².